The highest BCUT2D eigenvalue weighted by Gasteiger charge is 2.27. The molecule has 0 bridgehead atoms. The Morgan fingerprint density at radius 3 is 2.76 bits per heavy atom. The van der Waals surface area contributed by atoms with E-state index in [0.29, 0.717) is 11.3 Å². The number of nitrogens with zero attached hydrogens (tertiary/aromatic N) is 2. The van der Waals surface area contributed by atoms with Crippen molar-refractivity contribution < 1.29 is 22.4 Å². The second kappa shape index (κ2) is 6.44. The molecule has 0 atom stereocenters. The van der Waals surface area contributed by atoms with E-state index in [-0.39, 0.29) is 24.7 Å². The van der Waals surface area contributed by atoms with E-state index in [2.05, 4.69) is 30.8 Å². The summed E-state index contributed by atoms with van der Waals surface area (Å²) in [6.45, 7) is -1.43. The summed E-state index contributed by atoms with van der Waals surface area (Å²) in [5.41, 5.74) is 6.89. The molecule has 0 saturated heterocycles. The molecule has 1 aromatic heterocycles. The van der Waals surface area contributed by atoms with Crippen molar-refractivity contribution in [1.82, 2.24) is 10.1 Å². The normalized spacial score (nSPS) is 11.8. The molecule has 2 rings (SSSR count). The van der Waals surface area contributed by atoms with Crippen molar-refractivity contribution in [2.24, 2.45) is 0 Å². The summed E-state index contributed by atoms with van der Waals surface area (Å²) in [6, 6.07) is 5.13. The van der Waals surface area contributed by atoms with Crippen LogP contribution in [0.15, 0.2) is 27.2 Å². The van der Waals surface area contributed by atoms with Crippen LogP contribution in [0, 0.1) is 0 Å². The van der Waals surface area contributed by atoms with E-state index in [1.807, 2.05) is 0 Å². The predicted molar refractivity (Wildman–Crippen MR) is 72.4 cm³/mol. The molecule has 1 heterocycles. The summed E-state index contributed by atoms with van der Waals surface area (Å²) >= 11 is 3.27. The number of nitrogen functional groups attached to an aromatic ring is 1. The highest BCUT2D eigenvalue weighted by Crippen LogP contribution is 2.26. The third kappa shape index (κ3) is 4.71. The monoisotopic (exact) mass is 365 g/mol. The minimum absolute atomic E-state index is 0.131. The van der Waals surface area contributed by atoms with Gasteiger partial charge in [0.05, 0.1) is 6.61 Å². The van der Waals surface area contributed by atoms with Crippen molar-refractivity contribution in [3.8, 4) is 11.5 Å². The molecule has 0 saturated carbocycles. The average molecular weight is 366 g/mol. The first-order valence-electron chi connectivity index (χ1n) is 5.87. The fourth-order valence-corrected chi connectivity index (χ4v) is 1.75. The third-order valence-electron chi connectivity index (χ3n) is 2.45. The van der Waals surface area contributed by atoms with Crippen LogP contribution in [0.3, 0.4) is 0 Å². The van der Waals surface area contributed by atoms with E-state index < -0.39 is 12.8 Å². The van der Waals surface area contributed by atoms with Crippen molar-refractivity contribution in [3.63, 3.8) is 0 Å². The molecule has 0 spiro atoms. The molecule has 21 heavy (non-hydrogen) atoms. The number of benzene rings is 1. The van der Waals surface area contributed by atoms with Crippen LogP contribution in [-0.2, 0) is 11.2 Å². The van der Waals surface area contributed by atoms with Crippen LogP contribution >= 0.6 is 15.9 Å². The number of anilines is 1. The molecule has 1 aromatic carbocycles. The van der Waals surface area contributed by atoms with Gasteiger partial charge in [0, 0.05) is 22.1 Å². The molecule has 0 fully saturated rings. The van der Waals surface area contributed by atoms with Gasteiger partial charge in [-0.25, -0.2) is 0 Å². The van der Waals surface area contributed by atoms with Gasteiger partial charge in [-0.3, -0.25) is 0 Å². The molecule has 0 amide bonds. The zero-order valence-electron chi connectivity index (χ0n) is 10.7. The zero-order chi connectivity index (χ0) is 15.5. The number of rotatable bonds is 5. The van der Waals surface area contributed by atoms with E-state index >= 15 is 0 Å². The maximum absolute atomic E-state index is 11.9. The number of alkyl halides is 3. The maximum Gasteiger partial charge on any atom is 0.411 e. The number of nitrogens with two attached hydrogens (primary N) is 1. The van der Waals surface area contributed by atoms with Crippen LogP contribution in [0.5, 0.6) is 0 Å². The molecule has 9 heteroatoms. The van der Waals surface area contributed by atoms with Crippen molar-refractivity contribution in [2.45, 2.75) is 12.6 Å². The molecule has 0 unspecified atom stereocenters. The molecular formula is C12H11BrF3N3O2. The van der Waals surface area contributed by atoms with Gasteiger partial charge in [0.25, 0.3) is 5.89 Å². The van der Waals surface area contributed by atoms with Crippen molar-refractivity contribution in [3.05, 3.63) is 28.5 Å². The summed E-state index contributed by atoms with van der Waals surface area (Å²) < 4.78 is 45.9. The maximum atomic E-state index is 11.9. The second-order valence-corrected chi connectivity index (χ2v) is 5.02. The second-order valence-electron chi connectivity index (χ2n) is 4.17. The number of hydrogen-bond acceptors (Lipinski definition) is 5. The Hall–Kier alpha value is -1.61. The highest BCUT2D eigenvalue weighted by molar-refractivity contribution is 9.10. The molecule has 0 aliphatic rings. The van der Waals surface area contributed by atoms with E-state index in [4.69, 9.17) is 10.3 Å². The van der Waals surface area contributed by atoms with Crippen LogP contribution < -0.4 is 5.73 Å². The van der Waals surface area contributed by atoms with Crippen LogP contribution in [-0.4, -0.2) is 29.5 Å². The zero-order valence-corrected chi connectivity index (χ0v) is 12.2. The van der Waals surface area contributed by atoms with Gasteiger partial charge < -0.3 is 15.0 Å². The van der Waals surface area contributed by atoms with Gasteiger partial charge >= 0.3 is 6.18 Å². The third-order valence-corrected chi connectivity index (χ3v) is 3.17. The van der Waals surface area contributed by atoms with E-state index in [1.54, 1.807) is 18.2 Å². The van der Waals surface area contributed by atoms with Crippen LogP contribution in [0.1, 0.15) is 5.82 Å². The lowest BCUT2D eigenvalue weighted by atomic mass is 10.2. The highest BCUT2D eigenvalue weighted by atomic mass is 79.9. The number of hydrogen-bond donors (Lipinski definition) is 1. The van der Waals surface area contributed by atoms with Gasteiger partial charge in [0.2, 0.25) is 0 Å². The molecule has 5 nitrogen and oxygen atoms in total. The van der Waals surface area contributed by atoms with E-state index in [0.717, 1.165) is 4.47 Å². The smallest absolute Gasteiger partial charge is 0.398 e. The Morgan fingerprint density at radius 2 is 2.10 bits per heavy atom. The van der Waals surface area contributed by atoms with Gasteiger partial charge in [-0.2, -0.15) is 18.2 Å². The van der Waals surface area contributed by atoms with Crippen LogP contribution in [0.4, 0.5) is 18.9 Å². The standard InChI is InChI=1S/C12H11BrF3N3O2/c13-8-2-1-7(5-9(8)17)11-18-10(19-21-11)3-4-20-6-12(14,15)16/h1-2,5H,3-4,6,17H2. The molecule has 114 valence electrons. The van der Waals surface area contributed by atoms with Gasteiger partial charge in [-0.15, -0.1) is 0 Å². The summed E-state index contributed by atoms with van der Waals surface area (Å²) in [5, 5.41) is 3.68. The number of aromatic nitrogens is 2. The molecule has 2 N–H and O–H groups in total. The SMILES string of the molecule is Nc1cc(-c2nc(CCOCC(F)(F)F)no2)ccc1Br. The summed E-state index contributed by atoms with van der Waals surface area (Å²) in [4.78, 5) is 4.08. The lowest BCUT2D eigenvalue weighted by Gasteiger charge is -2.05. The molecule has 2 aromatic rings. The van der Waals surface area contributed by atoms with Gasteiger partial charge in [-0.1, -0.05) is 5.16 Å². The summed E-state index contributed by atoms with van der Waals surface area (Å²) in [7, 11) is 0. The Kier molecular flexibility index (Phi) is 4.84. The quantitative estimate of drug-likeness (QED) is 0.650. The molecule has 0 aliphatic heterocycles. The summed E-state index contributed by atoms with van der Waals surface area (Å²) in [6.07, 6.45) is -4.21. The van der Waals surface area contributed by atoms with Crippen molar-refractivity contribution in [2.75, 3.05) is 18.9 Å². The first-order valence-corrected chi connectivity index (χ1v) is 6.67. The number of halogens is 4. The van der Waals surface area contributed by atoms with Crippen LogP contribution in [0.2, 0.25) is 0 Å². The fourth-order valence-electron chi connectivity index (χ4n) is 1.50. The van der Waals surface area contributed by atoms with Gasteiger partial charge in [0.15, 0.2) is 5.82 Å². The van der Waals surface area contributed by atoms with Crippen molar-refractivity contribution >= 4 is 21.6 Å². The molecular weight excluding hydrogens is 355 g/mol. The van der Waals surface area contributed by atoms with Crippen molar-refractivity contribution in [1.29, 1.82) is 0 Å². The van der Waals surface area contributed by atoms with E-state index in [9.17, 15) is 13.2 Å². The Labute approximate surface area is 126 Å². The summed E-state index contributed by atoms with van der Waals surface area (Å²) in [5.74, 6) is 0.522. The minimum Gasteiger partial charge on any atom is -0.398 e. The lowest BCUT2D eigenvalue weighted by Crippen LogP contribution is -2.18. The minimum atomic E-state index is -4.34. The Balaban J connectivity index is 1.93. The Bertz CT molecular complexity index is 616. The number of ether oxygens (including phenoxy) is 1. The lowest BCUT2D eigenvalue weighted by molar-refractivity contribution is -0.173. The largest absolute Gasteiger partial charge is 0.411 e. The Morgan fingerprint density at radius 1 is 1.33 bits per heavy atom. The molecule has 0 radical (unpaired) electrons. The van der Waals surface area contributed by atoms with E-state index in [1.165, 1.54) is 0 Å². The first kappa shape index (κ1) is 15.8. The predicted octanol–water partition coefficient (Wildman–Crippen LogP) is 3.20. The topological polar surface area (TPSA) is 74.2 Å². The fraction of sp³-hybridized carbons (Fsp3) is 0.333. The average Bonchev–Trinajstić information content (AvgIpc) is 2.86. The van der Waals surface area contributed by atoms with Gasteiger partial charge in [-0.05, 0) is 34.1 Å². The first-order chi connectivity index (χ1) is 9.85. The molecule has 0 aliphatic carbocycles. The van der Waals surface area contributed by atoms with Gasteiger partial charge in [0.1, 0.15) is 6.61 Å². The van der Waals surface area contributed by atoms with Crippen LogP contribution in [0.25, 0.3) is 11.5 Å².